The van der Waals surface area contributed by atoms with Crippen molar-refractivity contribution in [2.45, 2.75) is 19.9 Å². The van der Waals surface area contributed by atoms with E-state index in [0.29, 0.717) is 11.7 Å². The highest BCUT2D eigenvalue weighted by molar-refractivity contribution is 5.56. The summed E-state index contributed by atoms with van der Waals surface area (Å²) < 4.78 is 5.32. The largest absolute Gasteiger partial charge is 0.337 e. The third-order valence-electron chi connectivity index (χ3n) is 3.63. The molecule has 1 aromatic heterocycles. The normalized spacial score (nSPS) is 12.3. The number of nitrogens with two attached hydrogens (primary N) is 1. The van der Waals surface area contributed by atoms with Crippen molar-refractivity contribution in [3.05, 3.63) is 71.1 Å². The molecule has 0 saturated carbocycles. The van der Waals surface area contributed by atoms with Crippen LogP contribution in [0.2, 0.25) is 0 Å². The zero-order valence-electron chi connectivity index (χ0n) is 12.1. The lowest BCUT2D eigenvalue weighted by Crippen LogP contribution is -2.11. The molecule has 21 heavy (non-hydrogen) atoms. The highest BCUT2D eigenvalue weighted by atomic mass is 16.5. The molecule has 0 bridgehead atoms. The summed E-state index contributed by atoms with van der Waals surface area (Å²) in [6, 6.07) is 15.4. The summed E-state index contributed by atoms with van der Waals surface area (Å²) in [6.07, 6.45) is 0. The van der Waals surface area contributed by atoms with Gasteiger partial charge in [-0.05, 0) is 36.6 Å². The van der Waals surface area contributed by atoms with Crippen molar-refractivity contribution < 1.29 is 4.52 Å². The monoisotopic (exact) mass is 279 g/mol. The minimum absolute atomic E-state index is 0.404. The van der Waals surface area contributed by atoms with Gasteiger partial charge in [-0.15, -0.1) is 0 Å². The van der Waals surface area contributed by atoms with Crippen LogP contribution in [0.1, 0.15) is 28.6 Å². The van der Waals surface area contributed by atoms with E-state index in [4.69, 9.17) is 10.3 Å². The molecular weight excluding hydrogens is 262 g/mol. The molecule has 3 aromatic rings. The molecule has 0 aliphatic rings. The topological polar surface area (TPSA) is 64.9 Å². The highest BCUT2D eigenvalue weighted by Gasteiger charge is 2.17. The highest BCUT2D eigenvalue weighted by Crippen LogP contribution is 2.23. The van der Waals surface area contributed by atoms with E-state index in [1.54, 1.807) is 0 Å². The molecule has 0 aliphatic heterocycles. The van der Waals surface area contributed by atoms with Crippen LogP contribution in [0, 0.1) is 13.8 Å². The first-order chi connectivity index (χ1) is 10.1. The van der Waals surface area contributed by atoms with Crippen molar-refractivity contribution in [2.24, 2.45) is 5.73 Å². The lowest BCUT2D eigenvalue weighted by molar-refractivity contribution is 0.367. The van der Waals surface area contributed by atoms with Crippen molar-refractivity contribution in [3.8, 4) is 11.4 Å². The van der Waals surface area contributed by atoms with Gasteiger partial charge in [0.05, 0.1) is 0 Å². The Morgan fingerprint density at radius 1 is 1.00 bits per heavy atom. The van der Waals surface area contributed by atoms with E-state index in [9.17, 15) is 0 Å². The van der Waals surface area contributed by atoms with Crippen molar-refractivity contribution in [1.29, 1.82) is 0 Å². The molecule has 1 heterocycles. The fourth-order valence-corrected chi connectivity index (χ4v) is 2.16. The number of benzene rings is 2. The number of nitrogens with zero attached hydrogens (tertiary/aromatic N) is 2. The first-order valence-corrected chi connectivity index (χ1v) is 6.87. The van der Waals surface area contributed by atoms with Crippen molar-refractivity contribution in [2.75, 3.05) is 0 Å². The Labute approximate surface area is 123 Å². The summed E-state index contributed by atoms with van der Waals surface area (Å²) in [5.74, 6) is 0.994. The van der Waals surface area contributed by atoms with Gasteiger partial charge >= 0.3 is 0 Å². The molecule has 106 valence electrons. The van der Waals surface area contributed by atoms with Gasteiger partial charge in [-0.1, -0.05) is 47.6 Å². The molecule has 1 atom stereocenters. The Bertz CT molecular complexity index is 750. The molecule has 0 radical (unpaired) electrons. The smallest absolute Gasteiger partial charge is 0.248 e. The summed E-state index contributed by atoms with van der Waals surface area (Å²) in [7, 11) is 0. The van der Waals surface area contributed by atoms with E-state index < -0.39 is 6.04 Å². The molecule has 0 aliphatic carbocycles. The lowest BCUT2D eigenvalue weighted by Gasteiger charge is -2.05. The third-order valence-corrected chi connectivity index (χ3v) is 3.63. The first-order valence-electron chi connectivity index (χ1n) is 6.87. The average molecular weight is 279 g/mol. The molecule has 2 aromatic carbocycles. The van der Waals surface area contributed by atoms with Gasteiger partial charge in [0, 0.05) is 5.56 Å². The van der Waals surface area contributed by atoms with Gasteiger partial charge < -0.3 is 10.3 Å². The Morgan fingerprint density at radius 2 is 1.76 bits per heavy atom. The second-order valence-corrected chi connectivity index (χ2v) is 5.14. The lowest BCUT2D eigenvalue weighted by atomic mass is 10.1. The molecule has 3 rings (SSSR count). The van der Waals surface area contributed by atoms with Crippen LogP contribution in [0.3, 0.4) is 0 Å². The molecule has 0 saturated heterocycles. The summed E-state index contributed by atoms with van der Waals surface area (Å²) in [5, 5.41) is 4.04. The molecule has 0 fully saturated rings. The van der Waals surface area contributed by atoms with Gasteiger partial charge in [0.25, 0.3) is 0 Å². The Kier molecular flexibility index (Phi) is 3.54. The number of aryl methyl sites for hydroxylation is 2. The minimum atomic E-state index is -0.404. The van der Waals surface area contributed by atoms with Gasteiger partial charge in [-0.3, -0.25) is 0 Å². The van der Waals surface area contributed by atoms with Gasteiger partial charge in [-0.25, -0.2) is 0 Å². The van der Waals surface area contributed by atoms with Crippen LogP contribution in [-0.2, 0) is 0 Å². The SMILES string of the molecule is Cc1ccc(-c2noc(C(N)c3ccccc3)n2)cc1C. The molecule has 2 N–H and O–H groups in total. The Morgan fingerprint density at radius 3 is 2.48 bits per heavy atom. The van der Waals surface area contributed by atoms with Gasteiger partial charge in [-0.2, -0.15) is 4.98 Å². The second kappa shape index (κ2) is 5.50. The van der Waals surface area contributed by atoms with Crippen LogP contribution in [0.4, 0.5) is 0 Å². The average Bonchev–Trinajstić information content (AvgIpc) is 3.00. The molecule has 0 spiro atoms. The summed E-state index contributed by atoms with van der Waals surface area (Å²) in [4.78, 5) is 4.42. The van der Waals surface area contributed by atoms with Gasteiger partial charge in [0.2, 0.25) is 11.7 Å². The fourth-order valence-electron chi connectivity index (χ4n) is 2.16. The summed E-state index contributed by atoms with van der Waals surface area (Å²) in [6.45, 7) is 4.14. The van der Waals surface area contributed by atoms with E-state index in [1.807, 2.05) is 36.4 Å². The predicted molar refractivity (Wildman–Crippen MR) is 81.7 cm³/mol. The van der Waals surface area contributed by atoms with Crippen LogP contribution >= 0.6 is 0 Å². The van der Waals surface area contributed by atoms with E-state index in [-0.39, 0.29) is 0 Å². The van der Waals surface area contributed by atoms with Gasteiger partial charge in [0.1, 0.15) is 6.04 Å². The van der Waals surface area contributed by atoms with Crippen molar-refractivity contribution in [3.63, 3.8) is 0 Å². The van der Waals surface area contributed by atoms with Gasteiger partial charge in [0.15, 0.2) is 0 Å². The van der Waals surface area contributed by atoms with Crippen molar-refractivity contribution in [1.82, 2.24) is 10.1 Å². The maximum Gasteiger partial charge on any atom is 0.248 e. The van der Waals surface area contributed by atoms with E-state index in [1.165, 1.54) is 11.1 Å². The molecular formula is C17H17N3O. The Hall–Kier alpha value is -2.46. The summed E-state index contributed by atoms with van der Waals surface area (Å²) in [5.41, 5.74) is 10.5. The first kappa shape index (κ1) is 13.5. The molecule has 4 nitrogen and oxygen atoms in total. The molecule has 0 amide bonds. The summed E-state index contributed by atoms with van der Waals surface area (Å²) >= 11 is 0. The van der Waals surface area contributed by atoms with Crippen molar-refractivity contribution >= 4 is 0 Å². The maximum atomic E-state index is 6.17. The molecule has 1 unspecified atom stereocenters. The second-order valence-electron chi connectivity index (χ2n) is 5.14. The van der Waals surface area contributed by atoms with Crippen LogP contribution in [0.15, 0.2) is 53.1 Å². The van der Waals surface area contributed by atoms with E-state index in [0.717, 1.165) is 11.1 Å². The predicted octanol–water partition coefficient (Wildman–Crippen LogP) is 3.40. The number of rotatable bonds is 3. The quantitative estimate of drug-likeness (QED) is 0.798. The standard InChI is InChI=1S/C17H17N3O/c1-11-8-9-14(10-12(11)2)16-19-17(21-20-16)15(18)13-6-4-3-5-7-13/h3-10,15H,18H2,1-2H3. The van der Waals surface area contributed by atoms with Crippen LogP contribution < -0.4 is 5.73 Å². The molecule has 4 heteroatoms. The van der Waals surface area contributed by atoms with E-state index >= 15 is 0 Å². The number of aromatic nitrogens is 2. The number of hydrogen-bond donors (Lipinski definition) is 1. The zero-order chi connectivity index (χ0) is 14.8. The Balaban J connectivity index is 1.91. The number of hydrogen-bond acceptors (Lipinski definition) is 4. The maximum absolute atomic E-state index is 6.17. The van der Waals surface area contributed by atoms with Crippen LogP contribution in [0.25, 0.3) is 11.4 Å². The van der Waals surface area contributed by atoms with Crippen LogP contribution in [-0.4, -0.2) is 10.1 Å². The van der Waals surface area contributed by atoms with E-state index in [2.05, 4.69) is 36.1 Å². The fraction of sp³-hybridized carbons (Fsp3) is 0.176. The zero-order valence-corrected chi connectivity index (χ0v) is 12.1. The minimum Gasteiger partial charge on any atom is -0.337 e. The third kappa shape index (κ3) is 2.71. The van der Waals surface area contributed by atoms with Crippen LogP contribution in [0.5, 0.6) is 0 Å².